The van der Waals surface area contributed by atoms with Crippen molar-refractivity contribution in [3.05, 3.63) is 36.4 Å². The van der Waals surface area contributed by atoms with E-state index < -0.39 is 30.2 Å². The van der Waals surface area contributed by atoms with Crippen molar-refractivity contribution >= 4 is 23.4 Å². The Morgan fingerprint density at radius 1 is 1.18 bits per heavy atom. The first-order valence-corrected chi connectivity index (χ1v) is 11.9. The lowest BCUT2D eigenvalue weighted by Crippen LogP contribution is -2.56. The number of carbonyl (C=O) groups excluding carboxylic acids is 2. The fourth-order valence-corrected chi connectivity index (χ4v) is 5.64. The Bertz CT molecular complexity index is 996. The van der Waals surface area contributed by atoms with E-state index in [9.17, 15) is 14.7 Å². The van der Waals surface area contributed by atoms with Crippen molar-refractivity contribution in [1.29, 1.82) is 0 Å². The van der Waals surface area contributed by atoms with Crippen LogP contribution < -0.4 is 5.32 Å². The van der Waals surface area contributed by atoms with Gasteiger partial charge in [-0.15, -0.1) is 11.6 Å². The number of nitrogens with one attached hydrogen (secondary N) is 1. The fourth-order valence-electron chi connectivity index (χ4n) is 5.27. The summed E-state index contributed by atoms with van der Waals surface area (Å²) in [5.41, 5.74) is 0.704. The van der Waals surface area contributed by atoms with Crippen LogP contribution in [-0.2, 0) is 9.53 Å². The lowest BCUT2D eigenvalue weighted by molar-refractivity contribution is -0.137. The van der Waals surface area contributed by atoms with Crippen LogP contribution in [0.5, 0.6) is 0 Å². The van der Waals surface area contributed by atoms with Crippen LogP contribution in [0.3, 0.4) is 0 Å². The first kappa shape index (κ1) is 22.3. The SMILES string of the molecule is O=C(N[C@H](C(=O)N1C[C@H](Cl)[C@H]2OC[C@H](O)[C@H]21)C1CCCCC1)c1ccc(-c2ccnnc2)o1. The van der Waals surface area contributed by atoms with Crippen molar-refractivity contribution in [3.8, 4) is 11.3 Å². The van der Waals surface area contributed by atoms with Crippen molar-refractivity contribution in [1.82, 2.24) is 20.4 Å². The zero-order valence-electron chi connectivity index (χ0n) is 18.1. The number of fused-ring (bicyclic) bond motifs is 1. The molecule has 33 heavy (non-hydrogen) atoms. The smallest absolute Gasteiger partial charge is 0.287 e. The van der Waals surface area contributed by atoms with Crippen LogP contribution in [0.1, 0.15) is 42.7 Å². The van der Waals surface area contributed by atoms with Crippen molar-refractivity contribution in [2.45, 2.75) is 61.8 Å². The molecular formula is C23H27ClN4O5. The van der Waals surface area contributed by atoms with E-state index in [1.54, 1.807) is 35.5 Å². The van der Waals surface area contributed by atoms with E-state index in [1.165, 1.54) is 0 Å². The molecule has 2 aromatic rings. The summed E-state index contributed by atoms with van der Waals surface area (Å²) in [6.45, 7) is 0.438. The van der Waals surface area contributed by atoms with Crippen molar-refractivity contribution in [2.24, 2.45) is 5.92 Å². The number of aliphatic hydroxyl groups is 1. The van der Waals surface area contributed by atoms with Gasteiger partial charge >= 0.3 is 0 Å². The summed E-state index contributed by atoms with van der Waals surface area (Å²) in [4.78, 5) is 28.4. The summed E-state index contributed by atoms with van der Waals surface area (Å²) in [5.74, 6) is -0.0404. The first-order chi connectivity index (χ1) is 16.0. The van der Waals surface area contributed by atoms with Crippen molar-refractivity contribution < 1.29 is 23.8 Å². The molecule has 9 nitrogen and oxygen atoms in total. The highest BCUT2D eigenvalue weighted by Crippen LogP contribution is 2.35. The molecule has 176 valence electrons. The maximum absolute atomic E-state index is 13.7. The van der Waals surface area contributed by atoms with Crippen LogP contribution >= 0.6 is 11.6 Å². The molecule has 3 aliphatic rings. The maximum Gasteiger partial charge on any atom is 0.287 e. The second-order valence-corrected chi connectivity index (χ2v) is 9.57. The number of likely N-dealkylation sites (tertiary alicyclic amines) is 1. The number of alkyl halides is 1. The molecule has 2 N–H and O–H groups in total. The molecule has 2 saturated heterocycles. The van der Waals surface area contributed by atoms with Gasteiger partial charge in [-0.3, -0.25) is 9.59 Å². The van der Waals surface area contributed by atoms with E-state index in [2.05, 4.69) is 15.5 Å². The standard InChI is InChI=1S/C23H27ClN4O5/c24-15-11-28(20-16(29)12-32-21(15)20)23(31)19(13-4-2-1-3-5-13)27-22(30)18-7-6-17(33-18)14-8-9-25-26-10-14/h6-10,13,15-16,19-21,29H,1-5,11-12H2,(H,27,30)/t15-,16-,19-,20+,21+/m0/s1. The highest BCUT2D eigenvalue weighted by atomic mass is 35.5. The van der Waals surface area contributed by atoms with Crippen LogP contribution in [0, 0.1) is 5.92 Å². The molecule has 5 atom stereocenters. The van der Waals surface area contributed by atoms with E-state index in [0.717, 1.165) is 32.1 Å². The minimum Gasteiger partial charge on any atom is -0.451 e. The molecule has 0 spiro atoms. The molecule has 10 heteroatoms. The van der Waals surface area contributed by atoms with Crippen LogP contribution in [0.25, 0.3) is 11.3 Å². The Kier molecular flexibility index (Phi) is 6.36. The van der Waals surface area contributed by atoms with Crippen molar-refractivity contribution in [3.63, 3.8) is 0 Å². The third-order valence-electron chi connectivity index (χ3n) is 6.93. The Hall–Kier alpha value is -2.49. The highest BCUT2D eigenvalue weighted by molar-refractivity contribution is 6.21. The van der Waals surface area contributed by atoms with Gasteiger partial charge in [-0.1, -0.05) is 19.3 Å². The Morgan fingerprint density at radius 3 is 2.76 bits per heavy atom. The summed E-state index contributed by atoms with van der Waals surface area (Å²) < 4.78 is 11.4. The molecule has 0 radical (unpaired) electrons. The largest absolute Gasteiger partial charge is 0.451 e. The first-order valence-electron chi connectivity index (χ1n) is 11.4. The van der Waals surface area contributed by atoms with Crippen LogP contribution in [0.4, 0.5) is 0 Å². The zero-order valence-corrected chi connectivity index (χ0v) is 18.9. The number of rotatable bonds is 5. The topological polar surface area (TPSA) is 118 Å². The number of nitrogens with zero attached hydrogens (tertiary/aromatic N) is 3. The van der Waals surface area contributed by atoms with Gasteiger partial charge < -0.3 is 24.5 Å². The normalized spacial score (nSPS) is 28.5. The molecule has 2 aliphatic heterocycles. The van der Waals surface area contributed by atoms with Crippen LogP contribution in [0.15, 0.2) is 35.0 Å². The number of aromatic nitrogens is 2. The molecule has 5 rings (SSSR count). The summed E-state index contributed by atoms with van der Waals surface area (Å²) in [6, 6.07) is 3.81. The van der Waals surface area contributed by atoms with E-state index >= 15 is 0 Å². The summed E-state index contributed by atoms with van der Waals surface area (Å²) >= 11 is 6.43. The van der Waals surface area contributed by atoms with Gasteiger partial charge in [0.05, 0.1) is 36.5 Å². The summed E-state index contributed by atoms with van der Waals surface area (Å²) in [7, 11) is 0. The average molecular weight is 475 g/mol. The number of amides is 2. The molecule has 0 bridgehead atoms. The molecule has 1 aliphatic carbocycles. The molecule has 0 aromatic carbocycles. The summed E-state index contributed by atoms with van der Waals surface area (Å²) in [5, 5.41) is 20.5. The van der Waals surface area contributed by atoms with E-state index in [4.69, 9.17) is 20.8 Å². The monoisotopic (exact) mass is 474 g/mol. The van der Waals surface area contributed by atoms with Gasteiger partial charge in [0.1, 0.15) is 17.9 Å². The molecule has 2 amide bonds. The van der Waals surface area contributed by atoms with Crippen LogP contribution in [-0.4, -0.2) is 74.8 Å². The molecule has 1 saturated carbocycles. The number of ether oxygens (including phenoxy) is 1. The number of carbonyl (C=O) groups is 2. The van der Waals surface area contributed by atoms with E-state index in [0.29, 0.717) is 11.3 Å². The number of hydrogen-bond donors (Lipinski definition) is 2. The Morgan fingerprint density at radius 2 is 2.00 bits per heavy atom. The quantitative estimate of drug-likeness (QED) is 0.636. The van der Waals surface area contributed by atoms with E-state index in [-0.39, 0.29) is 36.1 Å². The maximum atomic E-state index is 13.7. The molecule has 3 fully saturated rings. The predicted octanol–water partition coefficient (Wildman–Crippen LogP) is 1.99. The molecular weight excluding hydrogens is 448 g/mol. The Balaban J connectivity index is 1.36. The van der Waals surface area contributed by atoms with Crippen LogP contribution in [0.2, 0.25) is 0 Å². The number of aliphatic hydroxyl groups excluding tert-OH is 1. The van der Waals surface area contributed by atoms with Gasteiger partial charge in [0, 0.05) is 12.1 Å². The van der Waals surface area contributed by atoms with Gasteiger partial charge in [0.2, 0.25) is 5.91 Å². The number of hydrogen-bond acceptors (Lipinski definition) is 7. The van der Waals surface area contributed by atoms with Gasteiger partial charge in [-0.25, -0.2) is 0 Å². The minimum absolute atomic E-state index is 0.0151. The highest BCUT2D eigenvalue weighted by Gasteiger charge is 2.53. The summed E-state index contributed by atoms with van der Waals surface area (Å²) in [6.07, 6.45) is 6.78. The van der Waals surface area contributed by atoms with Gasteiger partial charge in [-0.2, -0.15) is 10.2 Å². The predicted molar refractivity (Wildman–Crippen MR) is 118 cm³/mol. The van der Waals surface area contributed by atoms with Gasteiger partial charge in [0.25, 0.3) is 5.91 Å². The zero-order chi connectivity index (χ0) is 22.9. The Labute approximate surface area is 196 Å². The number of halogens is 1. The number of furan rings is 1. The molecule has 2 aromatic heterocycles. The molecule has 4 heterocycles. The fraction of sp³-hybridized carbons (Fsp3) is 0.565. The van der Waals surface area contributed by atoms with E-state index in [1.807, 2.05) is 0 Å². The molecule has 0 unspecified atom stereocenters. The lowest BCUT2D eigenvalue weighted by Gasteiger charge is -2.35. The minimum atomic E-state index is -0.785. The van der Waals surface area contributed by atoms with Crippen molar-refractivity contribution in [2.75, 3.05) is 13.2 Å². The van der Waals surface area contributed by atoms with Gasteiger partial charge in [0.15, 0.2) is 5.76 Å². The third-order valence-corrected chi connectivity index (χ3v) is 7.32. The second kappa shape index (κ2) is 9.40. The lowest BCUT2D eigenvalue weighted by atomic mass is 9.83. The average Bonchev–Trinajstić information content (AvgIpc) is 3.56. The third kappa shape index (κ3) is 4.37. The second-order valence-electron chi connectivity index (χ2n) is 9.01. The van der Waals surface area contributed by atoms with Gasteiger partial charge in [-0.05, 0) is 37.0 Å².